The summed E-state index contributed by atoms with van der Waals surface area (Å²) in [6.07, 6.45) is 11.5. The maximum absolute atomic E-state index is 9.93. The van der Waals surface area contributed by atoms with Crippen LogP contribution in [0.3, 0.4) is 0 Å². The zero-order valence-electron chi connectivity index (χ0n) is 23.1. The van der Waals surface area contributed by atoms with Crippen LogP contribution in [0.2, 0.25) is 0 Å². The highest BCUT2D eigenvalue weighted by atomic mass is 32.1. The number of para-hydroxylation sites is 1. The summed E-state index contributed by atoms with van der Waals surface area (Å²) in [5, 5.41) is 25.6. The lowest BCUT2D eigenvalue weighted by Gasteiger charge is -2.28. The zero-order valence-corrected chi connectivity index (χ0v) is 24.7. The van der Waals surface area contributed by atoms with Gasteiger partial charge in [-0.15, -0.1) is 22.7 Å². The fourth-order valence-electron chi connectivity index (χ4n) is 7.17. The predicted octanol–water partition coefficient (Wildman–Crippen LogP) is 10.7. The Morgan fingerprint density at radius 3 is 2.30 bits per heavy atom. The number of hydrogen-bond donors (Lipinski definition) is 0. The van der Waals surface area contributed by atoms with Crippen molar-refractivity contribution >= 4 is 85.6 Å². The summed E-state index contributed by atoms with van der Waals surface area (Å²) in [6, 6.07) is 30.9. The van der Waals surface area contributed by atoms with Gasteiger partial charge in [0.15, 0.2) is 0 Å². The largest absolute Gasteiger partial charge is 0.336 e. The van der Waals surface area contributed by atoms with Gasteiger partial charge in [0.2, 0.25) is 0 Å². The Bertz CT molecular complexity index is 2520. The molecule has 9 rings (SSSR count). The highest BCUT2D eigenvalue weighted by Gasteiger charge is 2.28. The summed E-state index contributed by atoms with van der Waals surface area (Å²) in [5.41, 5.74) is 7.91. The minimum Gasteiger partial charge on any atom is -0.336 e. The molecule has 2 aliphatic rings. The molecule has 3 heterocycles. The third-order valence-electron chi connectivity index (χ3n) is 9.12. The van der Waals surface area contributed by atoms with Crippen molar-refractivity contribution in [1.82, 2.24) is 4.57 Å². The highest BCUT2D eigenvalue weighted by Crippen LogP contribution is 2.47. The number of nitriles is 2. The average molecular weight is 586 g/mol. The Morgan fingerprint density at radius 2 is 1.51 bits per heavy atom. The monoisotopic (exact) mass is 585 g/mol. The second kappa shape index (κ2) is 9.28. The Labute approximate surface area is 256 Å². The topological polar surface area (TPSA) is 52.5 Å². The summed E-state index contributed by atoms with van der Waals surface area (Å²) < 4.78 is 7.61. The molecule has 7 aromatic rings. The highest BCUT2D eigenvalue weighted by molar-refractivity contribution is 7.33. The third kappa shape index (κ3) is 3.56. The molecule has 3 nitrogen and oxygen atoms in total. The Balaban J connectivity index is 1.25. The van der Waals surface area contributed by atoms with E-state index in [1.165, 1.54) is 68.3 Å². The maximum atomic E-state index is 9.93. The van der Waals surface area contributed by atoms with Crippen LogP contribution in [-0.2, 0) is 6.42 Å². The van der Waals surface area contributed by atoms with Gasteiger partial charge in [0.05, 0.1) is 33.1 Å². The molecule has 0 fully saturated rings. The predicted molar refractivity (Wildman–Crippen MR) is 182 cm³/mol. The van der Waals surface area contributed by atoms with Crippen molar-refractivity contribution in [2.75, 3.05) is 0 Å². The molecule has 0 amide bonds. The van der Waals surface area contributed by atoms with Gasteiger partial charge in [0.1, 0.15) is 0 Å². The number of nitrogens with zero attached hydrogens (tertiary/aromatic N) is 3. The van der Waals surface area contributed by atoms with Gasteiger partial charge in [-0.25, -0.2) is 0 Å². The lowest BCUT2D eigenvalue weighted by molar-refractivity contribution is 0.605. The lowest BCUT2D eigenvalue weighted by Crippen LogP contribution is -2.17. The van der Waals surface area contributed by atoms with E-state index in [1.807, 2.05) is 40.9 Å². The number of thiophene rings is 2. The second-order valence-electron chi connectivity index (χ2n) is 11.4. The molecule has 1 unspecified atom stereocenters. The van der Waals surface area contributed by atoms with E-state index in [4.69, 9.17) is 0 Å². The molecule has 4 aromatic carbocycles. The van der Waals surface area contributed by atoms with Crippen LogP contribution in [0.15, 0.2) is 96.6 Å². The first-order valence-corrected chi connectivity index (χ1v) is 16.2. The van der Waals surface area contributed by atoms with Crippen LogP contribution in [-0.4, -0.2) is 4.57 Å². The standard InChI is InChI=1S/C38H23N3S2/c39-20-22-10-15-35-30(17-22)28-13-14-29-31-19-24(11-16-36(31)43-38(29)37(28)42-35)25-12-9-23(21-40)18-34(25)41-32-7-3-1-5-26(32)27-6-2-4-8-33(27)41/h1-3,5-7,9-17,19,34H,4,8,18H2. The van der Waals surface area contributed by atoms with E-state index in [2.05, 4.69) is 95.6 Å². The smallest absolute Gasteiger partial charge is 0.0991 e. The summed E-state index contributed by atoms with van der Waals surface area (Å²) in [4.78, 5) is 0. The average Bonchev–Trinajstić information content (AvgIpc) is 3.73. The lowest BCUT2D eigenvalue weighted by atomic mass is 9.87. The van der Waals surface area contributed by atoms with Crippen molar-refractivity contribution in [1.29, 1.82) is 10.5 Å². The molecule has 3 aromatic heterocycles. The maximum Gasteiger partial charge on any atom is 0.0991 e. The number of benzene rings is 4. The SMILES string of the molecule is N#CC1=CC=C(c2ccc3sc4c(ccc5c6cc(C#N)ccc6sc54)c3c2)C(n2c3c(c4ccccc42)C=CCC3)C1. The molecule has 202 valence electrons. The first-order chi connectivity index (χ1) is 21.2. The number of fused-ring (bicyclic) bond motifs is 10. The van der Waals surface area contributed by atoms with Crippen LogP contribution in [0, 0.1) is 22.7 Å². The first-order valence-electron chi connectivity index (χ1n) is 14.5. The van der Waals surface area contributed by atoms with E-state index < -0.39 is 0 Å². The first kappa shape index (κ1) is 24.6. The fraction of sp³-hybridized carbons (Fsp3) is 0.105. The molecule has 1 atom stereocenters. The van der Waals surface area contributed by atoms with Crippen LogP contribution >= 0.6 is 22.7 Å². The Morgan fingerprint density at radius 1 is 0.744 bits per heavy atom. The van der Waals surface area contributed by atoms with E-state index in [-0.39, 0.29) is 6.04 Å². The number of rotatable bonds is 2. The van der Waals surface area contributed by atoms with Crippen LogP contribution in [0.4, 0.5) is 0 Å². The molecule has 0 aliphatic heterocycles. The molecular weight excluding hydrogens is 563 g/mol. The Hall–Kier alpha value is -4.94. The van der Waals surface area contributed by atoms with Crippen molar-refractivity contribution in [2.45, 2.75) is 25.3 Å². The van der Waals surface area contributed by atoms with Gasteiger partial charge >= 0.3 is 0 Å². The molecule has 0 N–H and O–H groups in total. The van der Waals surface area contributed by atoms with Gasteiger partial charge in [-0.05, 0) is 66.5 Å². The Kier molecular flexibility index (Phi) is 5.32. The molecule has 43 heavy (non-hydrogen) atoms. The minimum absolute atomic E-state index is 0.0470. The van der Waals surface area contributed by atoms with Gasteiger partial charge < -0.3 is 4.57 Å². The van der Waals surface area contributed by atoms with Gasteiger partial charge in [-0.1, -0.05) is 54.6 Å². The third-order valence-corrected chi connectivity index (χ3v) is 11.7. The zero-order chi connectivity index (χ0) is 28.7. The molecule has 0 spiro atoms. The summed E-state index contributed by atoms with van der Waals surface area (Å²) in [6.45, 7) is 0. The van der Waals surface area contributed by atoms with E-state index in [1.54, 1.807) is 0 Å². The van der Waals surface area contributed by atoms with Gasteiger partial charge in [0.25, 0.3) is 0 Å². The van der Waals surface area contributed by atoms with Crippen molar-refractivity contribution in [2.24, 2.45) is 0 Å². The van der Waals surface area contributed by atoms with Crippen molar-refractivity contribution in [3.05, 3.63) is 119 Å². The van der Waals surface area contributed by atoms with Crippen molar-refractivity contribution in [3.63, 3.8) is 0 Å². The van der Waals surface area contributed by atoms with Gasteiger partial charge in [-0.2, -0.15) is 10.5 Å². The quantitative estimate of drug-likeness (QED) is 0.203. The summed E-state index contributed by atoms with van der Waals surface area (Å²) >= 11 is 3.67. The van der Waals surface area contributed by atoms with E-state index in [0.29, 0.717) is 12.0 Å². The minimum atomic E-state index is 0.0470. The normalized spacial score (nSPS) is 16.5. The van der Waals surface area contributed by atoms with Gasteiger partial charge in [-0.3, -0.25) is 0 Å². The molecule has 0 saturated carbocycles. The van der Waals surface area contributed by atoms with Crippen LogP contribution < -0.4 is 0 Å². The van der Waals surface area contributed by atoms with Crippen molar-refractivity contribution < 1.29 is 0 Å². The van der Waals surface area contributed by atoms with E-state index in [9.17, 15) is 10.5 Å². The molecular formula is C38H23N3S2. The number of hydrogen-bond acceptors (Lipinski definition) is 4. The summed E-state index contributed by atoms with van der Waals surface area (Å²) in [5.74, 6) is 0. The number of aromatic nitrogens is 1. The van der Waals surface area contributed by atoms with Crippen molar-refractivity contribution in [3.8, 4) is 12.1 Å². The fourth-order valence-corrected chi connectivity index (χ4v) is 9.67. The van der Waals surface area contributed by atoms with Crippen LogP contribution in [0.5, 0.6) is 0 Å². The van der Waals surface area contributed by atoms with Crippen LogP contribution in [0.1, 0.15) is 41.3 Å². The van der Waals surface area contributed by atoms with E-state index in [0.717, 1.165) is 23.8 Å². The molecule has 2 aliphatic carbocycles. The second-order valence-corrected chi connectivity index (χ2v) is 13.5. The number of allylic oxidation sites excluding steroid dienone is 5. The van der Waals surface area contributed by atoms with Crippen LogP contribution in [0.25, 0.3) is 62.9 Å². The van der Waals surface area contributed by atoms with Gasteiger partial charge in [0, 0.05) is 65.1 Å². The molecule has 0 saturated heterocycles. The van der Waals surface area contributed by atoms with E-state index >= 15 is 0 Å². The molecule has 0 bridgehead atoms. The molecule has 0 radical (unpaired) electrons. The summed E-state index contributed by atoms with van der Waals surface area (Å²) in [7, 11) is 0. The molecule has 5 heteroatoms.